The van der Waals surface area contributed by atoms with Gasteiger partial charge >= 0.3 is 0 Å². The van der Waals surface area contributed by atoms with E-state index in [0.717, 1.165) is 0 Å². The summed E-state index contributed by atoms with van der Waals surface area (Å²) in [6.45, 7) is 1.55. The van der Waals surface area contributed by atoms with Crippen LogP contribution in [0, 0.1) is 0 Å². The Morgan fingerprint density at radius 1 is 1.41 bits per heavy atom. The van der Waals surface area contributed by atoms with Gasteiger partial charge < -0.3 is 15.7 Å². The van der Waals surface area contributed by atoms with Gasteiger partial charge in [-0.05, 0) is 25.1 Å². The number of phenols is 1. The molecule has 0 radical (unpaired) electrons. The second kappa shape index (κ2) is 5.54. The number of rotatable bonds is 3. The molecular weight excluding hydrogens is 244 g/mol. The minimum atomic E-state index is -0.675. The molecule has 17 heavy (non-hydrogen) atoms. The lowest BCUT2D eigenvalue weighted by molar-refractivity contribution is -0.122. The Balaban J connectivity index is 2.83. The summed E-state index contributed by atoms with van der Waals surface area (Å²) in [6.07, 6.45) is 0. The third-order valence-corrected chi connectivity index (χ3v) is 2.51. The fourth-order valence-corrected chi connectivity index (χ4v) is 1.45. The van der Waals surface area contributed by atoms with Crippen molar-refractivity contribution >= 4 is 23.4 Å². The molecule has 92 valence electrons. The molecule has 6 heteroatoms. The first-order chi connectivity index (χ1) is 7.95. The van der Waals surface area contributed by atoms with E-state index >= 15 is 0 Å². The molecule has 1 unspecified atom stereocenters. The van der Waals surface area contributed by atoms with Crippen LogP contribution in [0.3, 0.4) is 0 Å². The minimum absolute atomic E-state index is 0.0628. The Hall–Kier alpha value is -1.75. The molecule has 0 bridgehead atoms. The molecular formula is C11H13ClN2O3. The molecule has 0 aromatic heterocycles. The summed E-state index contributed by atoms with van der Waals surface area (Å²) in [7, 11) is 1.48. The summed E-state index contributed by atoms with van der Waals surface area (Å²) < 4.78 is 0. The SMILES string of the molecule is CNC(=O)C(C)NC(=O)c1cc(O)ccc1Cl. The molecule has 0 aliphatic heterocycles. The van der Waals surface area contributed by atoms with Crippen molar-refractivity contribution in [2.24, 2.45) is 0 Å². The van der Waals surface area contributed by atoms with E-state index in [1.807, 2.05) is 0 Å². The average molecular weight is 257 g/mol. The summed E-state index contributed by atoms with van der Waals surface area (Å²) in [6, 6.07) is 3.36. The Kier molecular flexibility index (Phi) is 4.34. The van der Waals surface area contributed by atoms with E-state index in [4.69, 9.17) is 11.6 Å². The summed E-state index contributed by atoms with van der Waals surface area (Å²) in [4.78, 5) is 23.0. The molecule has 1 rings (SSSR count). The van der Waals surface area contributed by atoms with Crippen molar-refractivity contribution in [3.8, 4) is 5.75 Å². The Bertz CT molecular complexity index is 448. The maximum absolute atomic E-state index is 11.8. The molecule has 1 aromatic carbocycles. The number of benzene rings is 1. The fourth-order valence-electron chi connectivity index (χ4n) is 1.24. The molecule has 0 aliphatic rings. The molecule has 2 amide bonds. The molecule has 3 N–H and O–H groups in total. The maximum Gasteiger partial charge on any atom is 0.253 e. The van der Waals surface area contributed by atoms with Gasteiger partial charge in [0, 0.05) is 7.05 Å². The van der Waals surface area contributed by atoms with E-state index in [1.165, 1.54) is 25.2 Å². The van der Waals surface area contributed by atoms with Crippen LogP contribution in [0.2, 0.25) is 5.02 Å². The lowest BCUT2D eigenvalue weighted by Gasteiger charge is -2.13. The van der Waals surface area contributed by atoms with E-state index < -0.39 is 11.9 Å². The molecule has 1 aromatic rings. The lowest BCUT2D eigenvalue weighted by Crippen LogP contribution is -2.43. The third-order valence-electron chi connectivity index (χ3n) is 2.18. The molecule has 0 saturated carbocycles. The maximum atomic E-state index is 11.8. The van der Waals surface area contributed by atoms with Crippen molar-refractivity contribution < 1.29 is 14.7 Å². The normalized spacial score (nSPS) is 11.7. The summed E-state index contributed by atoms with van der Waals surface area (Å²) in [5, 5.41) is 14.4. The van der Waals surface area contributed by atoms with Gasteiger partial charge in [-0.25, -0.2) is 0 Å². The molecule has 0 heterocycles. The first-order valence-corrected chi connectivity index (χ1v) is 5.34. The van der Waals surface area contributed by atoms with E-state index in [2.05, 4.69) is 10.6 Å². The van der Waals surface area contributed by atoms with Crippen LogP contribution in [0.25, 0.3) is 0 Å². The van der Waals surface area contributed by atoms with Gasteiger partial charge in [-0.2, -0.15) is 0 Å². The zero-order chi connectivity index (χ0) is 13.0. The quantitative estimate of drug-likeness (QED) is 0.752. The Morgan fingerprint density at radius 3 is 2.65 bits per heavy atom. The van der Waals surface area contributed by atoms with Crippen molar-refractivity contribution in [2.45, 2.75) is 13.0 Å². The second-order valence-electron chi connectivity index (χ2n) is 3.47. The van der Waals surface area contributed by atoms with E-state index in [-0.39, 0.29) is 22.2 Å². The van der Waals surface area contributed by atoms with Gasteiger partial charge in [0.1, 0.15) is 11.8 Å². The molecule has 0 saturated heterocycles. The van der Waals surface area contributed by atoms with Crippen molar-refractivity contribution in [2.75, 3.05) is 7.05 Å². The predicted molar refractivity (Wildman–Crippen MR) is 64.1 cm³/mol. The summed E-state index contributed by atoms with van der Waals surface area (Å²) >= 11 is 5.82. The van der Waals surface area contributed by atoms with E-state index in [1.54, 1.807) is 6.92 Å². The first-order valence-electron chi connectivity index (χ1n) is 4.96. The summed E-state index contributed by atoms with van der Waals surface area (Å²) in [5.74, 6) is -0.885. The minimum Gasteiger partial charge on any atom is -0.508 e. The highest BCUT2D eigenvalue weighted by Gasteiger charge is 2.17. The third kappa shape index (κ3) is 3.35. The van der Waals surface area contributed by atoms with Crippen LogP contribution in [0.1, 0.15) is 17.3 Å². The van der Waals surface area contributed by atoms with Gasteiger partial charge in [0.2, 0.25) is 5.91 Å². The number of likely N-dealkylation sites (N-methyl/N-ethyl adjacent to an activating group) is 1. The predicted octanol–water partition coefficient (Wildman–Crippen LogP) is 0.910. The number of hydrogen-bond donors (Lipinski definition) is 3. The van der Waals surface area contributed by atoms with E-state index in [9.17, 15) is 14.7 Å². The van der Waals surface area contributed by atoms with Gasteiger partial charge in [-0.15, -0.1) is 0 Å². The van der Waals surface area contributed by atoms with Crippen molar-refractivity contribution in [3.63, 3.8) is 0 Å². The van der Waals surface area contributed by atoms with Gasteiger partial charge in [-0.3, -0.25) is 9.59 Å². The number of carbonyl (C=O) groups excluding carboxylic acids is 2. The highest BCUT2D eigenvalue weighted by molar-refractivity contribution is 6.33. The van der Waals surface area contributed by atoms with Crippen LogP contribution in [0.15, 0.2) is 18.2 Å². The average Bonchev–Trinajstić information content (AvgIpc) is 2.30. The van der Waals surface area contributed by atoms with Crippen LogP contribution >= 0.6 is 11.6 Å². The number of phenolic OH excluding ortho intramolecular Hbond substituents is 1. The number of carbonyl (C=O) groups is 2. The molecule has 1 atom stereocenters. The topological polar surface area (TPSA) is 78.4 Å². The monoisotopic (exact) mass is 256 g/mol. The number of halogens is 1. The van der Waals surface area contributed by atoms with Crippen LogP contribution in [0.4, 0.5) is 0 Å². The molecule has 0 spiro atoms. The van der Waals surface area contributed by atoms with Crippen molar-refractivity contribution in [1.29, 1.82) is 0 Å². The Labute approximate surface area is 104 Å². The second-order valence-corrected chi connectivity index (χ2v) is 3.88. The zero-order valence-electron chi connectivity index (χ0n) is 9.45. The largest absolute Gasteiger partial charge is 0.508 e. The van der Waals surface area contributed by atoms with Crippen molar-refractivity contribution in [1.82, 2.24) is 10.6 Å². The highest BCUT2D eigenvalue weighted by atomic mass is 35.5. The van der Waals surface area contributed by atoms with Crippen LogP contribution in [0.5, 0.6) is 5.75 Å². The smallest absolute Gasteiger partial charge is 0.253 e. The zero-order valence-corrected chi connectivity index (χ0v) is 10.2. The highest BCUT2D eigenvalue weighted by Crippen LogP contribution is 2.20. The van der Waals surface area contributed by atoms with Crippen LogP contribution in [-0.2, 0) is 4.79 Å². The fraction of sp³-hybridized carbons (Fsp3) is 0.273. The van der Waals surface area contributed by atoms with Gasteiger partial charge in [-0.1, -0.05) is 11.6 Å². The molecule has 0 fully saturated rings. The standard InChI is InChI=1S/C11H13ClN2O3/c1-6(10(16)13-2)14-11(17)8-5-7(15)3-4-9(8)12/h3-6,15H,1-2H3,(H,13,16)(H,14,17). The lowest BCUT2D eigenvalue weighted by atomic mass is 10.2. The Morgan fingerprint density at radius 2 is 2.06 bits per heavy atom. The van der Waals surface area contributed by atoms with Crippen molar-refractivity contribution in [3.05, 3.63) is 28.8 Å². The van der Waals surface area contributed by atoms with Crippen LogP contribution in [-0.4, -0.2) is 30.0 Å². The number of nitrogens with one attached hydrogen (secondary N) is 2. The number of aromatic hydroxyl groups is 1. The summed E-state index contributed by atoms with van der Waals surface area (Å²) in [5.41, 5.74) is 0.127. The molecule has 5 nitrogen and oxygen atoms in total. The first kappa shape index (κ1) is 13.3. The van der Waals surface area contributed by atoms with Gasteiger partial charge in [0.05, 0.1) is 10.6 Å². The molecule has 0 aliphatic carbocycles. The van der Waals surface area contributed by atoms with Crippen LogP contribution < -0.4 is 10.6 Å². The van der Waals surface area contributed by atoms with Gasteiger partial charge in [0.25, 0.3) is 5.91 Å². The number of hydrogen-bond acceptors (Lipinski definition) is 3. The van der Waals surface area contributed by atoms with E-state index in [0.29, 0.717) is 0 Å². The van der Waals surface area contributed by atoms with Gasteiger partial charge in [0.15, 0.2) is 0 Å². The number of amides is 2.